The number of hydrogen-bond acceptors (Lipinski definition) is 3. The topological polar surface area (TPSA) is 79.3 Å². The summed E-state index contributed by atoms with van der Waals surface area (Å²) in [6.45, 7) is 1.70. The second-order valence-electron chi connectivity index (χ2n) is 4.09. The number of nitrogens with one attached hydrogen (secondary N) is 1. The molecule has 20 heavy (non-hydrogen) atoms. The largest absolute Gasteiger partial charge is 0.478 e. The molecule has 1 heterocycles. The van der Waals surface area contributed by atoms with Gasteiger partial charge in [-0.15, -0.1) is 0 Å². The Morgan fingerprint density at radius 2 is 2.00 bits per heavy atom. The molecule has 0 spiro atoms. The van der Waals surface area contributed by atoms with Crippen molar-refractivity contribution in [2.24, 2.45) is 0 Å². The van der Waals surface area contributed by atoms with Gasteiger partial charge in [-0.2, -0.15) is 0 Å². The van der Waals surface area contributed by atoms with E-state index in [0.717, 1.165) is 0 Å². The van der Waals surface area contributed by atoms with Crippen LogP contribution in [0.15, 0.2) is 36.5 Å². The molecule has 1 aromatic heterocycles. The number of aryl methyl sites for hydroxylation is 1. The van der Waals surface area contributed by atoms with Gasteiger partial charge in [0.2, 0.25) is 0 Å². The molecule has 102 valence electrons. The van der Waals surface area contributed by atoms with Crippen LogP contribution >= 0.6 is 11.6 Å². The third-order valence-electron chi connectivity index (χ3n) is 2.71. The van der Waals surface area contributed by atoms with Gasteiger partial charge in [-0.3, -0.25) is 9.78 Å². The standard InChI is InChI=1S/C14H11ClN2O3/c1-8-10(3-2-6-16-8)13(18)17-12-5-4-9(15)7-11(12)14(19)20/h2-7H,1H3,(H,17,18)(H,19,20). The zero-order valence-electron chi connectivity index (χ0n) is 10.6. The van der Waals surface area contributed by atoms with Gasteiger partial charge in [-0.05, 0) is 37.3 Å². The van der Waals surface area contributed by atoms with E-state index < -0.39 is 11.9 Å². The van der Waals surface area contributed by atoms with Crippen molar-refractivity contribution in [3.63, 3.8) is 0 Å². The lowest BCUT2D eigenvalue weighted by molar-refractivity contribution is 0.0698. The van der Waals surface area contributed by atoms with E-state index in [2.05, 4.69) is 10.3 Å². The molecule has 0 unspecified atom stereocenters. The van der Waals surface area contributed by atoms with Gasteiger partial charge < -0.3 is 10.4 Å². The molecular formula is C14H11ClN2O3. The van der Waals surface area contributed by atoms with E-state index >= 15 is 0 Å². The van der Waals surface area contributed by atoms with Crippen molar-refractivity contribution in [1.82, 2.24) is 4.98 Å². The quantitative estimate of drug-likeness (QED) is 0.911. The summed E-state index contributed by atoms with van der Waals surface area (Å²) in [7, 11) is 0. The van der Waals surface area contributed by atoms with Crippen LogP contribution in [0.25, 0.3) is 0 Å². The lowest BCUT2D eigenvalue weighted by Gasteiger charge is -2.10. The Morgan fingerprint density at radius 3 is 2.65 bits per heavy atom. The minimum Gasteiger partial charge on any atom is -0.478 e. The van der Waals surface area contributed by atoms with Gasteiger partial charge in [0.25, 0.3) is 5.91 Å². The maximum Gasteiger partial charge on any atom is 0.337 e. The molecule has 0 saturated carbocycles. The number of nitrogens with zero attached hydrogens (tertiary/aromatic N) is 1. The fourth-order valence-corrected chi connectivity index (χ4v) is 1.89. The molecule has 2 rings (SSSR count). The van der Waals surface area contributed by atoms with E-state index in [4.69, 9.17) is 16.7 Å². The van der Waals surface area contributed by atoms with Crippen LogP contribution < -0.4 is 5.32 Å². The fraction of sp³-hybridized carbons (Fsp3) is 0.0714. The number of aromatic carboxylic acids is 1. The second kappa shape index (κ2) is 5.71. The van der Waals surface area contributed by atoms with Gasteiger partial charge in [-0.25, -0.2) is 4.79 Å². The van der Waals surface area contributed by atoms with Gasteiger partial charge in [0.05, 0.1) is 16.8 Å². The van der Waals surface area contributed by atoms with Crippen LogP contribution in [0.2, 0.25) is 5.02 Å². The van der Waals surface area contributed by atoms with E-state index in [-0.39, 0.29) is 16.3 Å². The van der Waals surface area contributed by atoms with Crippen molar-refractivity contribution in [2.45, 2.75) is 6.92 Å². The molecule has 0 bridgehead atoms. The molecule has 1 aromatic carbocycles. The fourth-order valence-electron chi connectivity index (χ4n) is 1.72. The SMILES string of the molecule is Cc1ncccc1C(=O)Nc1ccc(Cl)cc1C(=O)O. The number of pyridine rings is 1. The number of amides is 1. The highest BCUT2D eigenvalue weighted by Gasteiger charge is 2.15. The molecule has 0 aliphatic heterocycles. The van der Waals surface area contributed by atoms with Gasteiger partial charge in [0, 0.05) is 16.9 Å². The molecule has 1 amide bonds. The van der Waals surface area contributed by atoms with Crippen LogP contribution in [-0.4, -0.2) is 22.0 Å². The molecule has 0 radical (unpaired) electrons. The first-order valence-electron chi connectivity index (χ1n) is 5.75. The summed E-state index contributed by atoms with van der Waals surface area (Å²) in [6, 6.07) is 7.51. The normalized spacial score (nSPS) is 10.1. The average Bonchev–Trinajstić information content (AvgIpc) is 2.41. The summed E-state index contributed by atoms with van der Waals surface area (Å²) >= 11 is 5.75. The number of hydrogen-bond donors (Lipinski definition) is 2. The Kier molecular flexibility index (Phi) is 4.00. The lowest BCUT2D eigenvalue weighted by atomic mass is 10.1. The number of anilines is 1. The Morgan fingerprint density at radius 1 is 1.25 bits per heavy atom. The van der Waals surface area contributed by atoms with Crippen molar-refractivity contribution in [3.05, 3.63) is 58.4 Å². The minimum absolute atomic E-state index is 0.0626. The smallest absolute Gasteiger partial charge is 0.337 e. The molecule has 5 nitrogen and oxygen atoms in total. The molecule has 2 aromatic rings. The third-order valence-corrected chi connectivity index (χ3v) is 2.95. The van der Waals surface area contributed by atoms with Crippen LogP contribution in [0, 0.1) is 6.92 Å². The molecular weight excluding hydrogens is 280 g/mol. The summed E-state index contributed by atoms with van der Waals surface area (Å²) in [5.74, 6) is -1.58. The predicted octanol–water partition coefficient (Wildman–Crippen LogP) is 2.99. The summed E-state index contributed by atoms with van der Waals surface area (Å²) in [5.41, 5.74) is 1.08. The maximum atomic E-state index is 12.1. The molecule has 0 aliphatic rings. The zero-order valence-corrected chi connectivity index (χ0v) is 11.3. The zero-order chi connectivity index (χ0) is 14.7. The monoisotopic (exact) mass is 290 g/mol. The van der Waals surface area contributed by atoms with Gasteiger partial charge in [0.15, 0.2) is 0 Å². The Bertz CT molecular complexity index is 686. The van der Waals surface area contributed by atoms with Crippen molar-refractivity contribution < 1.29 is 14.7 Å². The number of benzene rings is 1. The predicted molar refractivity (Wildman–Crippen MR) is 75.3 cm³/mol. The number of halogens is 1. The third kappa shape index (κ3) is 2.95. The van der Waals surface area contributed by atoms with Crippen molar-refractivity contribution in [1.29, 1.82) is 0 Å². The van der Waals surface area contributed by atoms with Crippen molar-refractivity contribution in [3.8, 4) is 0 Å². The lowest BCUT2D eigenvalue weighted by Crippen LogP contribution is -2.16. The van der Waals surface area contributed by atoms with Crippen LogP contribution in [0.4, 0.5) is 5.69 Å². The summed E-state index contributed by atoms with van der Waals surface area (Å²) < 4.78 is 0. The van der Waals surface area contributed by atoms with E-state index in [0.29, 0.717) is 11.3 Å². The first-order valence-corrected chi connectivity index (χ1v) is 6.12. The Hall–Kier alpha value is -2.40. The highest BCUT2D eigenvalue weighted by atomic mass is 35.5. The number of carbonyl (C=O) groups excluding carboxylic acids is 1. The first-order chi connectivity index (χ1) is 9.49. The maximum absolute atomic E-state index is 12.1. The van der Waals surface area contributed by atoms with Gasteiger partial charge in [0.1, 0.15) is 0 Å². The molecule has 0 atom stereocenters. The van der Waals surface area contributed by atoms with Crippen molar-refractivity contribution >= 4 is 29.2 Å². The van der Waals surface area contributed by atoms with E-state index in [1.165, 1.54) is 18.2 Å². The number of carbonyl (C=O) groups is 2. The molecule has 6 heteroatoms. The van der Waals surface area contributed by atoms with Crippen LogP contribution in [0.1, 0.15) is 26.4 Å². The summed E-state index contributed by atoms with van der Waals surface area (Å²) in [6.07, 6.45) is 1.58. The summed E-state index contributed by atoms with van der Waals surface area (Å²) in [5, 5.41) is 12.0. The highest BCUT2D eigenvalue weighted by molar-refractivity contribution is 6.31. The molecule has 0 saturated heterocycles. The summed E-state index contributed by atoms with van der Waals surface area (Å²) in [4.78, 5) is 27.3. The number of rotatable bonds is 3. The van der Waals surface area contributed by atoms with Crippen LogP contribution in [0.3, 0.4) is 0 Å². The Balaban J connectivity index is 2.33. The minimum atomic E-state index is -1.16. The second-order valence-corrected chi connectivity index (χ2v) is 4.52. The van der Waals surface area contributed by atoms with Crippen LogP contribution in [-0.2, 0) is 0 Å². The Labute approximate surface area is 120 Å². The van der Waals surface area contributed by atoms with Crippen LogP contribution in [0.5, 0.6) is 0 Å². The number of aromatic nitrogens is 1. The van der Waals surface area contributed by atoms with Gasteiger partial charge >= 0.3 is 5.97 Å². The van der Waals surface area contributed by atoms with E-state index in [1.807, 2.05) is 0 Å². The van der Waals surface area contributed by atoms with E-state index in [1.54, 1.807) is 25.3 Å². The molecule has 2 N–H and O–H groups in total. The highest BCUT2D eigenvalue weighted by Crippen LogP contribution is 2.21. The van der Waals surface area contributed by atoms with Gasteiger partial charge in [-0.1, -0.05) is 11.6 Å². The average molecular weight is 291 g/mol. The first kappa shape index (κ1) is 14.0. The van der Waals surface area contributed by atoms with Crippen molar-refractivity contribution in [2.75, 3.05) is 5.32 Å². The molecule has 0 aliphatic carbocycles. The number of carboxylic acids is 1. The molecule has 0 fully saturated rings. The number of carboxylic acid groups (broad SMARTS) is 1. The van der Waals surface area contributed by atoms with E-state index in [9.17, 15) is 9.59 Å².